The molecule has 0 fully saturated rings. The summed E-state index contributed by atoms with van der Waals surface area (Å²) < 4.78 is 14.3. The molecule has 5 rings (SSSR count). The summed E-state index contributed by atoms with van der Waals surface area (Å²) in [5, 5.41) is 12.7. The van der Waals surface area contributed by atoms with Crippen LogP contribution in [0.2, 0.25) is 10.0 Å². The molecule has 0 spiro atoms. The molecule has 1 unspecified atom stereocenters. The average Bonchev–Trinajstić information content (AvgIpc) is 3.38. The summed E-state index contributed by atoms with van der Waals surface area (Å²) in [5.41, 5.74) is 3.48. The topological polar surface area (TPSA) is 90.3 Å². The first-order chi connectivity index (χ1) is 20.3. The Hall–Kier alpha value is -3.18. The molecule has 8 nitrogen and oxygen atoms in total. The number of allylic oxidation sites excluding steroid dienone is 1. The molecule has 218 valence electrons. The van der Waals surface area contributed by atoms with Gasteiger partial charge in [0.25, 0.3) is 5.91 Å². The molecule has 0 radical (unpaired) electrons. The Kier molecular flexibility index (Phi) is 9.67. The van der Waals surface area contributed by atoms with E-state index in [1.807, 2.05) is 55.5 Å². The van der Waals surface area contributed by atoms with Gasteiger partial charge in [0.05, 0.1) is 27.2 Å². The zero-order chi connectivity index (χ0) is 29.8. The molecule has 0 bridgehead atoms. The van der Waals surface area contributed by atoms with Gasteiger partial charge in [-0.3, -0.25) is 4.79 Å². The van der Waals surface area contributed by atoms with Crippen LogP contribution in [0.4, 0.5) is 11.6 Å². The number of nitrogens with one attached hydrogen (secondary N) is 2. The molecular formula is C30H28BrCl2N5O3S. The molecule has 1 aliphatic heterocycles. The van der Waals surface area contributed by atoms with Crippen LogP contribution in [0.15, 0.2) is 81.6 Å². The molecule has 3 aromatic carbocycles. The molecule has 2 N–H and O–H groups in total. The lowest BCUT2D eigenvalue weighted by molar-refractivity contribution is -0.113. The second-order valence-electron chi connectivity index (χ2n) is 9.47. The summed E-state index contributed by atoms with van der Waals surface area (Å²) in [5.74, 6) is 2.18. The molecule has 0 aliphatic carbocycles. The van der Waals surface area contributed by atoms with Gasteiger partial charge in [-0.05, 0) is 76.8 Å². The van der Waals surface area contributed by atoms with E-state index in [1.165, 1.54) is 0 Å². The number of aromatic nitrogens is 3. The van der Waals surface area contributed by atoms with Crippen LogP contribution < -0.4 is 20.1 Å². The van der Waals surface area contributed by atoms with Crippen LogP contribution in [0.3, 0.4) is 0 Å². The Morgan fingerprint density at radius 1 is 1.14 bits per heavy atom. The van der Waals surface area contributed by atoms with Gasteiger partial charge in [-0.1, -0.05) is 66.2 Å². The molecule has 0 saturated carbocycles. The molecule has 1 aromatic heterocycles. The number of methoxy groups -OCH3 is 1. The van der Waals surface area contributed by atoms with Crippen molar-refractivity contribution in [2.24, 2.45) is 0 Å². The van der Waals surface area contributed by atoms with Gasteiger partial charge in [-0.2, -0.15) is 4.98 Å². The largest absolute Gasteiger partial charge is 0.493 e. The minimum Gasteiger partial charge on any atom is -0.493 e. The number of para-hydroxylation sites is 1. The normalized spacial score (nSPS) is 14.3. The van der Waals surface area contributed by atoms with E-state index in [1.54, 1.807) is 35.7 Å². The monoisotopic (exact) mass is 687 g/mol. The fourth-order valence-electron chi connectivity index (χ4n) is 4.53. The van der Waals surface area contributed by atoms with Crippen LogP contribution >= 0.6 is 50.9 Å². The van der Waals surface area contributed by atoms with Gasteiger partial charge in [-0.15, -0.1) is 5.10 Å². The molecule has 42 heavy (non-hydrogen) atoms. The van der Waals surface area contributed by atoms with Crippen LogP contribution in [0.25, 0.3) is 0 Å². The number of amides is 1. The molecule has 1 amide bonds. The molecular weight excluding hydrogens is 661 g/mol. The predicted octanol–water partition coefficient (Wildman–Crippen LogP) is 8.36. The van der Waals surface area contributed by atoms with Crippen molar-refractivity contribution in [1.82, 2.24) is 14.8 Å². The van der Waals surface area contributed by atoms with Gasteiger partial charge < -0.3 is 20.1 Å². The molecule has 2 heterocycles. The number of hydrogen-bond donors (Lipinski definition) is 2. The Labute approximate surface area is 266 Å². The first-order valence-electron chi connectivity index (χ1n) is 13.2. The zero-order valence-electron chi connectivity index (χ0n) is 23.1. The highest BCUT2D eigenvalue weighted by molar-refractivity contribution is 9.10. The van der Waals surface area contributed by atoms with Crippen LogP contribution in [0, 0.1) is 0 Å². The Bertz CT molecular complexity index is 1650. The predicted molar refractivity (Wildman–Crippen MR) is 172 cm³/mol. The van der Waals surface area contributed by atoms with E-state index in [9.17, 15) is 4.79 Å². The number of nitrogens with zero attached hydrogens (tertiary/aromatic N) is 3. The van der Waals surface area contributed by atoms with Crippen LogP contribution in [0.5, 0.6) is 11.5 Å². The van der Waals surface area contributed by atoms with Crippen molar-refractivity contribution >= 4 is 68.4 Å². The van der Waals surface area contributed by atoms with Gasteiger partial charge in [0, 0.05) is 17.1 Å². The Balaban J connectivity index is 1.54. The number of rotatable bonds is 10. The highest BCUT2D eigenvalue weighted by atomic mass is 79.9. The van der Waals surface area contributed by atoms with Crippen molar-refractivity contribution in [2.45, 2.75) is 38.1 Å². The van der Waals surface area contributed by atoms with Gasteiger partial charge >= 0.3 is 0 Å². The van der Waals surface area contributed by atoms with E-state index in [-0.39, 0.29) is 12.5 Å². The number of benzene rings is 3. The van der Waals surface area contributed by atoms with Crippen molar-refractivity contribution < 1.29 is 14.3 Å². The SMILES string of the molecule is CCCSc1nc2n(n1)C(c1cc(Br)c(OCc3ccc(Cl)c(Cl)c3)c(OC)c1)C(C(=O)Nc1ccccc1)=C(C)N2. The number of halogens is 3. The molecule has 1 aliphatic rings. The van der Waals surface area contributed by atoms with Crippen LogP contribution in [-0.4, -0.2) is 33.5 Å². The Morgan fingerprint density at radius 3 is 2.64 bits per heavy atom. The first kappa shape index (κ1) is 30.3. The summed E-state index contributed by atoms with van der Waals surface area (Å²) in [6, 6.07) is 17.9. The van der Waals surface area contributed by atoms with Crippen molar-refractivity contribution in [3.63, 3.8) is 0 Å². The number of carbonyl (C=O) groups is 1. The summed E-state index contributed by atoms with van der Waals surface area (Å²) in [4.78, 5) is 18.5. The van der Waals surface area contributed by atoms with Gasteiger partial charge in [-0.25, -0.2) is 4.68 Å². The summed E-state index contributed by atoms with van der Waals surface area (Å²) in [7, 11) is 1.57. The summed E-state index contributed by atoms with van der Waals surface area (Å²) >= 11 is 17.5. The smallest absolute Gasteiger partial charge is 0.255 e. The quantitative estimate of drug-likeness (QED) is 0.162. The highest BCUT2D eigenvalue weighted by Crippen LogP contribution is 2.43. The lowest BCUT2D eigenvalue weighted by Crippen LogP contribution is -2.31. The fraction of sp³-hybridized carbons (Fsp3) is 0.233. The number of carbonyl (C=O) groups excluding carboxylic acids is 1. The summed E-state index contributed by atoms with van der Waals surface area (Å²) in [6.07, 6.45) is 0.987. The lowest BCUT2D eigenvalue weighted by Gasteiger charge is -2.29. The van der Waals surface area contributed by atoms with Crippen molar-refractivity contribution in [3.8, 4) is 11.5 Å². The molecule has 12 heteroatoms. The van der Waals surface area contributed by atoms with Crippen LogP contribution in [-0.2, 0) is 11.4 Å². The van der Waals surface area contributed by atoms with Crippen molar-refractivity contribution in [1.29, 1.82) is 0 Å². The third kappa shape index (κ3) is 6.57. The second kappa shape index (κ2) is 13.4. The second-order valence-corrected chi connectivity index (χ2v) is 12.2. The van der Waals surface area contributed by atoms with E-state index in [0.29, 0.717) is 54.1 Å². The maximum absolute atomic E-state index is 13.8. The Morgan fingerprint density at radius 2 is 1.93 bits per heavy atom. The lowest BCUT2D eigenvalue weighted by atomic mass is 9.94. The van der Waals surface area contributed by atoms with E-state index < -0.39 is 6.04 Å². The maximum atomic E-state index is 13.8. The molecule has 4 aromatic rings. The third-order valence-corrected chi connectivity index (χ3v) is 8.85. The van der Waals surface area contributed by atoms with Crippen LogP contribution in [0.1, 0.15) is 37.4 Å². The van der Waals surface area contributed by atoms with Crippen molar-refractivity contribution in [3.05, 3.63) is 97.6 Å². The number of anilines is 2. The number of thioether (sulfide) groups is 1. The summed E-state index contributed by atoms with van der Waals surface area (Å²) in [6.45, 7) is 4.22. The minimum atomic E-state index is -0.595. The molecule has 1 atom stereocenters. The first-order valence-corrected chi connectivity index (χ1v) is 15.7. The van der Waals surface area contributed by atoms with E-state index in [2.05, 4.69) is 33.5 Å². The number of fused-ring (bicyclic) bond motifs is 1. The van der Waals surface area contributed by atoms with E-state index in [4.69, 9.17) is 42.8 Å². The van der Waals surface area contributed by atoms with Gasteiger partial charge in [0.1, 0.15) is 12.6 Å². The highest BCUT2D eigenvalue weighted by Gasteiger charge is 2.35. The van der Waals surface area contributed by atoms with Gasteiger partial charge in [0.15, 0.2) is 11.5 Å². The molecule has 0 saturated heterocycles. The number of hydrogen-bond acceptors (Lipinski definition) is 7. The van der Waals surface area contributed by atoms with Gasteiger partial charge in [0.2, 0.25) is 11.1 Å². The van der Waals surface area contributed by atoms with E-state index >= 15 is 0 Å². The number of ether oxygens (including phenoxy) is 2. The fourth-order valence-corrected chi connectivity index (χ4v) is 6.11. The zero-order valence-corrected chi connectivity index (χ0v) is 27.0. The van der Waals surface area contributed by atoms with E-state index in [0.717, 1.165) is 23.3 Å². The maximum Gasteiger partial charge on any atom is 0.255 e. The van der Waals surface area contributed by atoms with Crippen molar-refractivity contribution in [2.75, 3.05) is 23.5 Å². The average molecular weight is 689 g/mol. The third-order valence-electron chi connectivity index (χ3n) is 6.48. The minimum absolute atomic E-state index is 0.244. The standard InChI is InChI=1S/C30H28BrCl2N5O3S/c1-4-12-42-30-36-29-34-17(2)25(28(39)35-20-8-6-5-7-9-20)26(38(29)37-30)19-14-21(31)27(24(15-19)40-3)41-16-18-10-11-22(32)23(33)13-18/h5-11,13-15,26H,4,12,16H2,1-3H3,(H,35,39)(H,34,36,37).